The summed E-state index contributed by atoms with van der Waals surface area (Å²) in [6.07, 6.45) is 2.57. The van der Waals surface area contributed by atoms with Crippen LogP contribution in [0.3, 0.4) is 0 Å². The molecule has 32 heavy (non-hydrogen) atoms. The van der Waals surface area contributed by atoms with E-state index in [0.29, 0.717) is 65.2 Å². The second-order valence-electron chi connectivity index (χ2n) is 7.29. The molecule has 0 bridgehead atoms. The van der Waals surface area contributed by atoms with Crippen LogP contribution >= 0.6 is 11.3 Å². The first-order chi connectivity index (χ1) is 15.4. The summed E-state index contributed by atoms with van der Waals surface area (Å²) in [7, 11) is 0. The number of nitrogens with zero attached hydrogens (tertiary/aromatic N) is 1. The van der Waals surface area contributed by atoms with Crippen LogP contribution in [-0.2, 0) is 12.8 Å². The number of carboxylic acid groups (broad SMARTS) is 1. The highest BCUT2D eigenvalue weighted by molar-refractivity contribution is 7.16. The molecule has 0 aliphatic heterocycles. The van der Waals surface area contributed by atoms with Gasteiger partial charge >= 0.3 is 5.97 Å². The molecule has 0 fully saturated rings. The van der Waals surface area contributed by atoms with Gasteiger partial charge in [0.15, 0.2) is 5.13 Å². The minimum absolute atomic E-state index is 0.112. The second kappa shape index (κ2) is 10.4. The van der Waals surface area contributed by atoms with Crippen molar-refractivity contribution in [1.82, 2.24) is 15.3 Å². The van der Waals surface area contributed by atoms with Crippen LogP contribution in [0.2, 0.25) is 0 Å². The first-order valence-electron chi connectivity index (χ1n) is 10.6. The zero-order valence-corrected chi connectivity index (χ0v) is 18.9. The SMILES string of the molecule is CCCNC(=O)c1nc(NC(=O)c2ccc3[nH]c(C(=O)O)c(CCCN)c3c2)sc1CC. The number of rotatable bonds is 10. The number of nitrogens with one attached hydrogen (secondary N) is 3. The van der Waals surface area contributed by atoms with Gasteiger partial charge in [-0.15, -0.1) is 11.3 Å². The van der Waals surface area contributed by atoms with E-state index >= 15 is 0 Å². The lowest BCUT2D eigenvalue weighted by Gasteiger charge is -2.04. The van der Waals surface area contributed by atoms with Crippen molar-refractivity contribution in [2.75, 3.05) is 18.4 Å². The molecule has 0 atom stereocenters. The molecule has 0 spiro atoms. The molecule has 10 heteroatoms. The predicted molar refractivity (Wildman–Crippen MR) is 125 cm³/mol. The maximum absolute atomic E-state index is 12.9. The van der Waals surface area contributed by atoms with Crippen molar-refractivity contribution >= 4 is 45.2 Å². The molecule has 0 saturated carbocycles. The number of carbonyl (C=O) groups is 3. The second-order valence-corrected chi connectivity index (χ2v) is 8.37. The van der Waals surface area contributed by atoms with Crippen LogP contribution in [0.4, 0.5) is 5.13 Å². The summed E-state index contributed by atoms with van der Waals surface area (Å²) in [5, 5.41) is 16.1. The summed E-state index contributed by atoms with van der Waals surface area (Å²) < 4.78 is 0. The van der Waals surface area contributed by atoms with Crippen molar-refractivity contribution in [2.45, 2.75) is 39.5 Å². The molecule has 3 rings (SSSR count). The van der Waals surface area contributed by atoms with Gasteiger partial charge in [0.25, 0.3) is 11.8 Å². The third kappa shape index (κ3) is 4.97. The van der Waals surface area contributed by atoms with Gasteiger partial charge in [0.05, 0.1) is 0 Å². The van der Waals surface area contributed by atoms with Crippen LogP contribution in [0.1, 0.15) is 68.5 Å². The maximum Gasteiger partial charge on any atom is 0.352 e. The van der Waals surface area contributed by atoms with Crippen molar-refractivity contribution in [3.63, 3.8) is 0 Å². The van der Waals surface area contributed by atoms with Gasteiger partial charge in [0.2, 0.25) is 0 Å². The molecule has 0 saturated heterocycles. The van der Waals surface area contributed by atoms with Gasteiger partial charge in [-0.1, -0.05) is 13.8 Å². The lowest BCUT2D eigenvalue weighted by atomic mass is 10.0. The fraction of sp³-hybridized carbons (Fsp3) is 0.364. The Hall–Kier alpha value is -3.24. The third-order valence-electron chi connectivity index (χ3n) is 5.00. The van der Waals surface area contributed by atoms with Crippen LogP contribution in [0.25, 0.3) is 10.9 Å². The zero-order chi connectivity index (χ0) is 23.3. The van der Waals surface area contributed by atoms with E-state index in [0.717, 1.165) is 11.3 Å². The van der Waals surface area contributed by atoms with Gasteiger partial charge < -0.3 is 21.1 Å². The number of aryl methyl sites for hydroxylation is 2. The summed E-state index contributed by atoms with van der Waals surface area (Å²) in [6, 6.07) is 4.98. The summed E-state index contributed by atoms with van der Waals surface area (Å²) in [5.41, 5.74) is 7.68. The molecule has 0 radical (unpaired) electrons. The van der Waals surface area contributed by atoms with E-state index in [1.165, 1.54) is 11.3 Å². The lowest BCUT2D eigenvalue weighted by molar-refractivity contribution is 0.0689. The van der Waals surface area contributed by atoms with Gasteiger partial charge in [0, 0.05) is 27.9 Å². The van der Waals surface area contributed by atoms with Gasteiger partial charge in [-0.2, -0.15) is 0 Å². The standard InChI is InChI=1S/C22H27N5O4S/c1-3-10-24-20(29)18-16(4-2)32-22(26-18)27-19(28)12-7-8-15-14(11-12)13(6-5-9-23)17(25-15)21(30)31/h7-8,11,25H,3-6,9-10,23H2,1-2H3,(H,24,29)(H,30,31)(H,26,27,28). The first-order valence-corrected chi connectivity index (χ1v) is 11.4. The molecule has 2 heterocycles. The molecular weight excluding hydrogens is 430 g/mol. The minimum Gasteiger partial charge on any atom is -0.477 e. The van der Waals surface area contributed by atoms with Gasteiger partial charge in [-0.25, -0.2) is 9.78 Å². The summed E-state index contributed by atoms with van der Waals surface area (Å²) >= 11 is 1.27. The Bertz CT molecular complexity index is 1150. The Morgan fingerprint density at radius 3 is 2.66 bits per heavy atom. The van der Waals surface area contributed by atoms with Crippen LogP contribution in [0, 0.1) is 0 Å². The maximum atomic E-state index is 12.9. The van der Waals surface area contributed by atoms with E-state index in [1.54, 1.807) is 18.2 Å². The van der Waals surface area contributed by atoms with Crippen molar-refractivity contribution < 1.29 is 19.5 Å². The number of fused-ring (bicyclic) bond motifs is 1. The molecule has 6 N–H and O–H groups in total. The molecule has 2 aromatic heterocycles. The van der Waals surface area contributed by atoms with Crippen LogP contribution in [0.15, 0.2) is 18.2 Å². The van der Waals surface area contributed by atoms with Crippen molar-refractivity contribution in [3.8, 4) is 0 Å². The third-order valence-corrected chi connectivity index (χ3v) is 6.12. The molecule has 0 unspecified atom stereocenters. The zero-order valence-electron chi connectivity index (χ0n) is 18.1. The number of anilines is 1. The molecule has 0 aliphatic carbocycles. The number of nitrogens with two attached hydrogens (primary N) is 1. The predicted octanol–water partition coefficient (Wildman–Crippen LogP) is 3.17. The smallest absolute Gasteiger partial charge is 0.352 e. The Balaban J connectivity index is 1.88. The first kappa shape index (κ1) is 23.4. The van der Waals surface area contributed by atoms with E-state index in [1.807, 2.05) is 13.8 Å². The minimum atomic E-state index is -1.05. The summed E-state index contributed by atoms with van der Waals surface area (Å²) in [6.45, 7) is 4.89. The molecule has 2 amide bonds. The van der Waals surface area contributed by atoms with Gasteiger partial charge in [0.1, 0.15) is 11.4 Å². The highest BCUT2D eigenvalue weighted by Gasteiger charge is 2.20. The lowest BCUT2D eigenvalue weighted by Crippen LogP contribution is -2.25. The number of hydrogen-bond donors (Lipinski definition) is 5. The molecule has 1 aromatic carbocycles. The van der Waals surface area contributed by atoms with Crippen molar-refractivity contribution in [1.29, 1.82) is 0 Å². The number of amides is 2. The number of thiazole rings is 1. The van der Waals surface area contributed by atoms with E-state index in [2.05, 4.69) is 20.6 Å². The quantitative estimate of drug-likeness (QED) is 0.315. The topological polar surface area (TPSA) is 150 Å². The number of aromatic amines is 1. The Morgan fingerprint density at radius 1 is 1.22 bits per heavy atom. The van der Waals surface area contributed by atoms with Crippen molar-refractivity contribution in [3.05, 3.63) is 45.6 Å². The molecule has 170 valence electrons. The molecule has 0 aliphatic rings. The van der Waals surface area contributed by atoms with E-state index < -0.39 is 5.97 Å². The Labute approximate surface area is 189 Å². The van der Waals surface area contributed by atoms with E-state index in [4.69, 9.17) is 5.73 Å². The Morgan fingerprint density at radius 2 is 2.00 bits per heavy atom. The average molecular weight is 458 g/mol. The van der Waals surface area contributed by atoms with Gasteiger partial charge in [-0.3, -0.25) is 14.9 Å². The van der Waals surface area contributed by atoms with Crippen LogP contribution in [0.5, 0.6) is 0 Å². The molecule has 3 aromatic rings. The highest BCUT2D eigenvalue weighted by Crippen LogP contribution is 2.27. The molecule has 9 nitrogen and oxygen atoms in total. The summed E-state index contributed by atoms with van der Waals surface area (Å²) in [5.74, 6) is -1.69. The number of aromatic carboxylic acids is 1. The average Bonchev–Trinajstić information content (AvgIpc) is 3.36. The fourth-order valence-electron chi connectivity index (χ4n) is 3.42. The number of carboxylic acids is 1. The summed E-state index contributed by atoms with van der Waals surface area (Å²) in [4.78, 5) is 44.9. The number of H-pyrrole nitrogens is 1. The fourth-order valence-corrected chi connectivity index (χ4v) is 4.32. The van der Waals surface area contributed by atoms with Crippen LogP contribution in [-0.4, -0.2) is 45.9 Å². The number of benzene rings is 1. The Kier molecular flexibility index (Phi) is 7.60. The monoisotopic (exact) mass is 457 g/mol. The molecular formula is C22H27N5O4S. The number of aromatic nitrogens is 2. The van der Waals surface area contributed by atoms with E-state index in [9.17, 15) is 19.5 Å². The number of hydrogen-bond acceptors (Lipinski definition) is 6. The van der Waals surface area contributed by atoms with E-state index in [-0.39, 0.29) is 17.5 Å². The number of carbonyl (C=O) groups excluding carboxylic acids is 2. The van der Waals surface area contributed by atoms with Gasteiger partial charge in [-0.05, 0) is 56.0 Å². The highest BCUT2D eigenvalue weighted by atomic mass is 32.1. The normalized spacial score (nSPS) is 11.0. The largest absolute Gasteiger partial charge is 0.477 e. The van der Waals surface area contributed by atoms with Crippen LogP contribution < -0.4 is 16.4 Å². The van der Waals surface area contributed by atoms with Crippen molar-refractivity contribution in [2.24, 2.45) is 5.73 Å².